The van der Waals surface area contributed by atoms with Crippen LogP contribution in [0.25, 0.3) is 0 Å². The predicted molar refractivity (Wildman–Crippen MR) is 82.1 cm³/mol. The second kappa shape index (κ2) is 7.98. The largest absolute Gasteiger partial charge is 0.482 e. The third-order valence-corrected chi connectivity index (χ3v) is 2.96. The molecule has 23 heavy (non-hydrogen) atoms. The second-order valence-corrected chi connectivity index (χ2v) is 5.07. The van der Waals surface area contributed by atoms with E-state index in [0.717, 1.165) is 5.56 Å². The van der Waals surface area contributed by atoms with E-state index in [-0.39, 0.29) is 18.3 Å². The number of para-hydroxylation sites is 1. The Morgan fingerprint density at radius 2 is 2.00 bits per heavy atom. The molecular weight excluding hydrogens is 300 g/mol. The van der Waals surface area contributed by atoms with Crippen molar-refractivity contribution >= 4 is 17.7 Å². The van der Waals surface area contributed by atoms with E-state index in [2.05, 4.69) is 15.0 Å². The number of hydrogen-bond acceptors (Lipinski definition) is 6. The first-order valence-electron chi connectivity index (χ1n) is 7.14. The summed E-state index contributed by atoms with van der Waals surface area (Å²) in [4.78, 5) is 23.2. The minimum Gasteiger partial charge on any atom is -0.482 e. The molecule has 0 aliphatic carbocycles. The molecule has 122 valence electrons. The first-order valence-corrected chi connectivity index (χ1v) is 7.14. The van der Waals surface area contributed by atoms with Crippen LogP contribution in [0.1, 0.15) is 25.3 Å². The first kappa shape index (κ1) is 16.5. The molecule has 0 radical (unpaired) electrons. The Bertz CT molecular complexity index is 652. The standard InChI is InChI=1S/C16H18N2O5/c1-11(2)12-5-3-4-6-13(12)21-10-16(20)22-9-15(19)17-14-7-8-23-18-14/h3-8,11H,9-10H2,1-2H3,(H,17,18,19). The van der Waals surface area contributed by atoms with Gasteiger partial charge in [0.25, 0.3) is 5.91 Å². The zero-order valence-corrected chi connectivity index (χ0v) is 12.9. The summed E-state index contributed by atoms with van der Waals surface area (Å²) < 4.78 is 14.9. The van der Waals surface area contributed by atoms with Gasteiger partial charge in [-0.1, -0.05) is 37.2 Å². The van der Waals surface area contributed by atoms with Crippen LogP contribution in [0, 0.1) is 0 Å². The Balaban J connectivity index is 1.76. The molecule has 0 aliphatic rings. The smallest absolute Gasteiger partial charge is 0.344 e. The molecule has 1 aromatic carbocycles. The number of nitrogens with one attached hydrogen (secondary N) is 1. The number of anilines is 1. The highest BCUT2D eigenvalue weighted by Gasteiger charge is 2.12. The normalized spacial score (nSPS) is 10.4. The molecule has 0 atom stereocenters. The van der Waals surface area contributed by atoms with Gasteiger partial charge in [0, 0.05) is 6.07 Å². The van der Waals surface area contributed by atoms with Gasteiger partial charge in [0.2, 0.25) is 0 Å². The van der Waals surface area contributed by atoms with E-state index in [9.17, 15) is 9.59 Å². The minimum atomic E-state index is -0.626. The zero-order valence-electron chi connectivity index (χ0n) is 12.9. The van der Waals surface area contributed by atoms with E-state index >= 15 is 0 Å². The van der Waals surface area contributed by atoms with Crippen molar-refractivity contribution in [1.82, 2.24) is 5.16 Å². The number of hydrogen-bond donors (Lipinski definition) is 1. The van der Waals surface area contributed by atoms with Crippen molar-refractivity contribution in [3.8, 4) is 5.75 Å². The number of carbonyl (C=O) groups is 2. The minimum absolute atomic E-state index is 0.258. The molecule has 0 spiro atoms. The molecule has 1 amide bonds. The van der Waals surface area contributed by atoms with Crippen molar-refractivity contribution < 1.29 is 23.6 Å². The second-order valence-electron chi connectivity index (χ2n) is 5.07. The van der Waals surface area contributed by atoms with Crippen LogP contribution < -0.4 is 10.1 Å². The molecule has 1 N–H and O–H groups in total. The molecule has 7 nitrogen and oxygen atoms in total. The van der Waals surface area contributed by atoms with Crippen molar-refractivity contribution in [1.29, 1.82) is 0 Å². The van der Waals surface area contributed by atoms with Crippen LogP contribution in [-0.2, 0) is 14.3 Å². The van der Waals surface area contributed by atoms with Gasteiger partial charge < -0.3 is 19.3 Å². The molecule has 1 heterocycles. The number of nitrogens with zero attached hydrogens (tertiary/aromatic N) is 1. The van der Waals surface area contributed by atoms with E-state index < -0.39 is 18.5 Å². The quantitative estimate of drug-likeness (QED) is 0.788. The summed E-state index contributed by atoms with van der Waals surface area (Å²) in [5, 5.41) is 5.93. The Morgan fingerprint density at radius 1 is 1.22 bits per heavy atom. The maximum Gasteiger partial charge on any atom is 0.344 e. The summed E-state index contributed by atoms with van der Waals surface area (Å²) in [5.74, 6) is 0.0313. The highest BCUT2D eigenvalue weighted by molar-refractivity contribution is 5.91. The highest BCUT2D eigenvalue weighted by Crippen LogP contribution is 2.25. The fourth-order valence-electron chi connectivity index (χ4n) is 1.87. The summed E-state index contributed by atoms with van der Waals surface area (Å²) in [6.45, 7) is 3.39. The molecule has 0 aliphatic heterocycles. The summed E-state index contributed by atoms with van der Waals surface area (Å²) in [7, 11) is 0. The lowest BCUT2D eigenvalue weighted by Gasteiger charge is -2.13. The number of rotatable bonds is 7. The van der Waals surface area contributed by atoms with Crippen LogP contribution >= 0.6 is 0 Å². The Hall–Kier alpha value is -2.83. The molecule has 2 rings (SSSR count). The average Bonchev–Trinajstić information content (AvgIpc) is 3.04. The molecule has 2 aromatic rings. The van der Waals surface area contributed by atoms with Gasteiger partial charge in [0.05, 0.1) is 0 Å². The van der Waals surface area contributed by atoms with Gasteiger partial charge in [-0.3, -0.25) is 4.79 Å². The van der Waals surface area contributed by atoms with Crippen LogP contribution in [0.3, 0.4) is 0 Å². The number of esters is 1. The van der Waals surface area contributed by atoms with Crippen molar-refractivity contribution in [3.63, 3.8) is 0 Å². The summed E-state index contributed by atoms with van der Waals surface area (Å²) in [6, 6.07) is 8.95. The van der Waals surface area contributed by atoms with Crippen molar-refractivity contribution in [2.24, 2.45) is 0 Å². The maximum atomic E-state index is 11.6. The van der Waals surface area contributed by atoms with Crippen LogP contribution in [0.4, 0.5) is 5.82 Å². The Kier molecular flexibility index (Phi) is 5.74. The van der Waals surface area contributed by atoms with Gasteiger partial charge in [-0.2, -0.15) is 0 Å². The molecule has 0 fully saturated rings. The monoisotopic (exact) mass is 318 g/mol. The number of benzene rings is 1. The fourth-order valence-corrected chi connectivity index (χ4v) is 1.87. The zero-order chi connectivity index (χ0) is 16.7. The average molecular weight is 318 g/mol. The van der Waals surface area contributed by atoms with Gasteiger partial charge in [-0.05, 0) is 17.5 Å². The van der Waals surface area contributed by atoms with Crippen molar-refractivity contribution in [2.45, 2.75) is 19.8 Å². The Labute approximate surface area is 133 Å². The molecule has 0 unspecified atom stereocenters. The lowest BCUT2D eigenvalue weighted by molar-refractivity contribution is -0.149. The fraction of sp³-hybridized carbons (Fsp3) is 0.312. The van der Waals surface area contributed by atoms with Crippen LogP contribution in [-0.4, -0.2) is 30.2 Å². The molecule has 0 saturated heterocycles. The lowest BCUT2D eigenvalue weighted by Crippen LogP contribution is -2.23. The Morgan fingerprint density at radius 3 is 2.70 bits per heavy atom. The predicted octanol–water partition coefficient (Wildman–Crippen LogP) is 2.36. The van der Waals surface area contributed by atoms with Gasteiger partial charge in [-0.15, -0.1) is 0 Å². The number of amides is 1. The third-order valence-electron chi connectivity index (χ3n) is 2.96. The van der Waals surface area contributed by atoms with E-state index in [0.29, 0.717) is 5.75 Å². The molecule has 0 bridgehead atoms. The molecule has 0 saturated carbocycles. The van der Waals surface area contributed by atoms with E-state index in [1.54, 1.807) is 6.07 Å². The van der Waals surface area contributed by atoms with E-state index in [1.807, 2.05) is 32.0 Å². The molecule has 1 aromatic heterocycles. The van der Waals surface area contributed by atoms with Crippen LogP contribution in [0.2, 0.25) is 0 Å². The van der Waals surface area contributed by atoms with Crippen molar-refractivity contribution in [3.05, 3.63) is 42.2 Å². The van der Waals surface area contributed by atoms with E-state index in [1.165, 1.54) is 12.3 Å². The number of carbonyl (C=O) groups excluding carboxylic acids is 2. The van der Waals surface area contributed by atoms with Crippen molar-refractivity contribution in [2.75, 3.05) is 18.5 Å². The topological polar surface area (TPSA) is 90.7 Å². The van der Waals surface area contributed by atoms with Gasteiger partial charge in [0.1, 0.15) is 12.0 Å². The van der Waals surface area contributed by atoms with E-state index in [4.69, 9.17) is 9.47 Å². The first-order chi connectivity index (χ1) is 11.1. The molecule has 7 heteroatoms. The number of aromatic nitrogens is 1. The molecular formula is C16H18N2O5. The SMILES string of the molecule is CC(C)c1ccccc1OCC(=O)OCC(=O)Nc1ccon1. The third kappa shape index (κ3) is 5.14. The summed E-state index contributed by atoms with van der Waals surface area (Å²) in [6.07, 6.45) is 1.32. The van der Waals surface area contributed by atoms with Gasteiger partial charge in [0.15, 0.2) is 19.0 Å². The summed E-state index contributed by atoms with van der Waals surface area (Å²) >= 11 is 0. The number of ether oxygens (including phenoxy) is 2. The highest BCUT2D eigenvalue weighted by atomic mass is 16.6. The summed E-state index contributed by atoms with van der Waals surface area (Å²) in [5.41, 5.74) is 1.00. The van der Waals surface area contributed by atoms with Gasteiger partial charge in [-0.25, -0.2) is 4.79 Å². The van der Waals surface area contributed by atoms with Crippen LogP contribution in [0.5, 0.6) is 5.75 Å². The van der Waals surface area contributed by atoms with Gasteiger partial charge >= 0.3 is 5.97 Å². The van der Waals surface area contributed by atoms with Crippen LogP contribution in [0.15, 0.2) is 41.1 Å². The lowest BCUT2D eigenvalue weighted by atomic mass is 10.0. The maximum absolute atomic E-state index is 11.6.